The quantitative estimate of drug-likeness (QED) is 0.639. The lowest BCUT2D eigenvalue weighted by atomic mass is 10.1. The number of hydrogen-bond donors (Lipinski definition) is 3. The molecule has 30 heavy (non-hydrogen) atoms. The van der Waals surface area contributed by atoms with Gasteiger partial charge in [0.25, 0.3) is 0 Å². The average molecular weight is 417 g/mol. The third kappa shape index (κ3) is 5.94. The van der Waals surface area contributed by atoms with Gasteiger partial charge in [0.05, 0.1) is 5.69 Å². The Bertz CT molecular complexity index is 950. The highest BCUT2D eigenvalue weighted by atomic mass is 16.7. The molecule has 0 aliphatic heterocycles. The number of carbonyl (C=O) groups is 2. The normalized spacial score (nSPS) is 11.7. The highest BCUT2D eigenvalue weighted by molar-refractivity contribution is 5.96. The molecule has 0 unspecified atom stereocenters. The van der Waals surface area contributed by atoms with Crippen LogP contribution in [0.5, 0.6) is 11.8 Å². The third-order valence-electron chi connectivity index (χ3n) is 3.85. The Morgan fingerprint density at radius 1 is 1.10 bits per heavy atom. The lowest BCUT2D eigenvalue weighted by molar-refractivity contribution is -0.140. The third-order valence-corrected chi connectivity index (χ3v) is 3.85. The van der Waals surface area contributed by atoms with E-state index in [2.05, 4.69) is 5.32 Å². The van der Waals surface area contributed by atoms with Crippen molar-refractivity contribution >= 4 is 29.5 Å². The van der Waals surface area contributed by atoms with E-state index in [-0.39, 0.29) is 5.57 Å². The summed E-state index contributed by atoms with van der Waals surface area (Å²) < 4.78 is 5.92. The summed E-state index contributed by atoms with van der Waals surface area (Å²) in [5.41, 5.74) is 1.32. The van der Waals surface area contributed by atoms with E-state index >= 15 is 0 Å². The van der Waals surface area contributed by atoms with Gasteiger partial charge in [-0.25, -0.2) is 9.59 Å². The highest BCUT2D eigenvalue weighted by Gasteiger charge is 2.18. The van der Waals surface area contributed by atoms with Gasteiger partial charge in [-0.1, -0.05) is 6.07 Å². The average Bonchev–Trinajstić information content (AvgIpc) is 2.93. The number of nitrogens with zero attached hydrogens (tertiary/aromatic N) is 2. The van der Waals surface area contributed by atoms with Gasteiger partial charge in [-0.3, -0.25) is 5.32 Å². The van der Waals surface area contributed by atoms with Crippen LogP contribution in [-0.2, 0) is 9.53 Å². The maximum absolute atomic E-state index is 12.4. The van der Waals surface area contributed by atoms with Crippen molar-refractivity contribution in [1.29, 1.82) is 0 Å². The summed E-state index contributed by atoms with van der Waals surface area (Å²) in [6.45, 7) is 6.79. The van der Waals surface area contributed by atoms with Crippen LogP contribution in [0.25, 0.3) is 6.08 Å². The molecule has 0 bridgehead atoms. The monoisotopic (exact) mass is 417 g/mol. The molecule has 0 radical (unpaired) electrons. The van der Waals surface area contributed by atoms with Crippen LogP contribution >= 0.6 is 0 Å². The highest BCUT2D eigenvalue weighted by Crippen LogP contribution is 2.26. The zero-order valence-corrected chi connectivity index (χ0v) is 17.9. The minimum Gasteiger partial charge on any atom is -0.492 e. The molecule has 2 rings (SSSR count). The number of ether oxygens (including phenoxy) is 1. The van der Waals surface area contributed by atoms with Crippen molar-refractivity contribution in [3.8, 4) is 11.8 Å². The van der Waals surface area contributed by atoms with Crippen LogP contribution in [0.4, 0.5) is 16.2 Å². The second-order valence-corrected chi connectivity index (χ2v) is 7.84. The molecule has 0 fully saturated rings. The maximum Gasteiger partial charge on any atom is 0.412 e. The van der Waals surface area contributed by atoms with Crippen LogP contribution in [-0.4, -0.2) is 46.7 Å². The fourth-order valence-corrected chi connectivity index (χ4v) is 2.41. The topological polar surface area (TPSA) is 113 Å². The van der Waals surface area contributed by atoms with E-state index < -0.39 is 29.4 Å². The van der Waals surface area contributed by atoms with E-state index in [0.717, 1.165) is 5.69 Å². The first-order valence-electron chi connectivity index (χ1n) is 9.19. The minimum atomic E-state index is -0.795. The summed E-state index contributed by atoms with van der Waals surface area (Å²) in [4.78, 5) is 31.5. The van der Waals surface area contributed by atoms with Crippen molar-refractivity contribution < 1.29 is 29.4 Å². The maximum atomic E-state index is 12.4. The largest absolute Gasteiger partial charge is 0.492 e. The van der Waals surface area contributed by atoms with Gasteiger partial charge < -0.3 is 24.7 Å². The summed E-state index contributed by atoms with van der Waals surface area (Å²) in [6, 6.07) is 7.69. The van der Waals surface area contributed by atoms with Gasteiger partial charge in [0.15, 0.2) is 0 Å². The number of carbonyl (C=O) groups excluding carboxylic acids is 2. The lowest BCUT2D eigenvalue weighted by Crippen LogP contribution is -2.27. The fourth-order valence-electron chi connectivity index (χ4n) is 2.41. The summed E-state index contributed by atoms with van der Waals surface area (Å²) in [7, 11) is 3.72. The van der Waals surface area contributed by atoms with E-state index in [1.165, 1.54) is 25.1 Å². The molecule has 162 valence electrons. The Morgan fingerprint density at radius 2 is 1.70 bits per heavy atom. The minimum absolute atomic E-state index is 0.173. The van der Waals surface area contributed by atoms with Crippen molar-refractivity contribution in [1.82, 2.24) is 4.73 Å². The van der Waals surface area contributed by atoms with Crippen LogP contribution in [0.2, 0.25) is 0 Å². The van der Waals surface area contributed by atoms with Crippen molar-refractivity contribution in [2.45, 2.75) is 33.3 Å². The molecule has 2 aromatic rings. The first kappa shape index (κ1) is 22.7. The smallest absolute Gasteiger partial charge is 0.412 e. The second-order valence-electron chi connectivity index (χ2n) is 7.84. The van der Waals surface area contributed by atoms with Gasteiger partial charge in [0.2, 0.25) is 11.8 Å². The predicted molar refractivity (Wildman–Crippen MR) is 114 cm³/mol. The van der Waals surface area contributed by atoms with E-state index in [0.29, 0.717) is 16.0 Å². The molecule has 0 saturated carbocycles. The van der Waals surface area contributed by atoms with Crippen LogP contribution in [0.3, 0.4) is 0 Å². The van der Waals surface area contributed by atoms with Crippen molar-refractivity contribution in [3.05, 3.63) is 41.5 Å². The number of amides is 1. The number of anilines is 2. The van der Waals surface area contributed by atoms with Crippen molar-refractivity contribution in [2.75, 3.05) is 24.3 Å². The number of rotatable bonds is 5. The Balaban J connectivity index is 2.32. The van der Waals surface area contributed by atoms with Crippen LogP contribution < -0.4 is 15.1 Å². The standard InChI is InChI=1S/C21H27N3O6/c1-13(19(27)30-24-17(25)9-10-18(24)26)11-14-7-8-15(23(5)6)12-16(14)22-20(28)29-21(2,3)4/h7-12,25-26H,1-6H3,(H,22,28). The molecule has 1 amide bonds. The van der Waals surface area contributed by atoms with E-state index in [4.69, 9.17) is 9.57 Å². The lowest BCUT2D eigenvalue weighted by Gasteiger charge is -2.21. The SMILES string of the molecule is CC(=Cc1ccc(N(C)C)cc1NC(=O)OC(C)(C)C)C(=O)On1c(O)ccc1O. The van der Waals surface area contributed by atoms with Crippen molar-refractivity contribution in [2.24, 2.45) is 0 Å². The molecule has 0 saturated heterocycles. The van der Waals surface area contributed by atoms with Gasteiger partial charge in [0, 0.05) is 37.5 Å². The van der Waals surface area contributed by atoms with Gasteiger partial charge >= 0.3 is 12.1 Å². The zero-order chi connectivity index (χ0) is 22.6. The molecule has 0 atom stereocenters. The number of aromatic nitrogens is 1. The summed E-state index contributed by atoms with van der Waals surface area (Å²) >= 11 is 0. The Hall–Kier alpha value is -3.62. The van der Waals surface area contributed by atoms with Gasteiger partial charge in [-0.05, 0) is 51.5 Å². The van der Waals surface area contributed by atoms with Gasteiger partial charge in [-0.15, -0.1) is 4.73 Å². The predicted octanol–water partition coefficient (Wildman–Crippen LogP) is 3.37. The number of benzene rings is 1. The molecule has 9 heteroatoms. The van der Waals surface area contributed by atoms with Crippen LogP contribution in [0, 0.1) is 0 Å². The zero-order valence-electron chi connectivity index (χ0n) is 17.9. The molecule has 1 heterocycles. The van der Waals surface area contributed by atoms with Crippen LogP contribution in [0.1, 0.15) is 33.3 Å². The Labute approximate surface area is 175 Å². The van der Waals surface area contributed by atoms with Gasteiger partial charge in [-0.2, -0.15) is 0 Å². The number of aromatic hydroxyl groups is 2. The molecule has 3 N–H and O–H groups in total. The Kier molecular flexibility index (Phi) is 6.66. The molecule has 0 aliphatic carbocycles. The molecule has 1 aromatic carbocycles. The summed E-state index contributed by atoms with van der Waals surface area (Å²) in [5.74, 6) is -1.63. The molecular formula is C21H27N3O6. The van der Waals surface area contributed by atoms with E-state index in [9.17, 15) is 19.8 Å². The molecule has 9 nitrogen and oxygen atoms in total. The van der Waals surface area contributed by atoms with Crippen LogP contribution in [0.15, 0.2) is 35.9 Å². The summed E-state index contributed by atoms with van der Waals surface area (Å²) in [6.07, 6.45) is 0.891. The number of nitrogens with one attached hydrogen (secondary N) is 1. The fraction of sp³-hybridized carbons (Fsp3) is 0.333. The molecular weight excluding hydrogens is 390 g/mol. The first-order chi connectivity index (χ1) is 13.9. The molecule has 0 spiro atoms. The van der Waals surface area contributed by atoms with E-state index in [1.807, 2.05) is 25.1 Å². The first-order valence-corrected chi connectivity index (χ1v) is 9.19. The second kappa shape index (κ2) is 8.81. The Morgan fingerprint density at radius 3 is 2.23 bits per heavy atom. The van der Waals surface area contributed by atoms with E-state index in [1.54, 1.807) is 32.9 Å². The molecule has 0 aliphatic rings. The van der Waals surface area contributed by atoms with Crippen molar-refractivity contribution in [3.63, 3.8) is 0 Å². The van der Waals surface area contributed by atoms with Gasteiger partial charge in [0.1, 0.15) is 5.60 Å². The summed E-state index contributed by atoms with van der Waals surface area (Å²) in [5, 5.41) is 21.9. The molecule has 1 aromatic heterocycles. The number of hydrogen-bond acceptors (Lipinski definition) is 7.